The van der Waals surface area contributed by atoms with Crippen molar-refractivity contribution in [2.75, 3.05) is 13.1 Å². The van der Waals surface area contributed by atoms with Gasteiger partial charge in [0, 0.05) is 25.8 Å². The standard InChI is InChI=1S/C15H22N4O/c16-18-15(20)13-5-6-14(17-7-13)10-19(8-11-1-2-11)9-12-3-4-12/h5-7,11-12H,1-4,8-10,16H2,(H,18,20). The Hall–Kier alpha value is -1.46. The lowest BCUT2D eigenvalue weighted by Gasteiger charge is -2.21. The van der Waals surface area contributed by atoms with E-state index in [4.69, 9.17) is 5.84 Å². The molecule has 0 bridgehead atoms. The number of hydrazine groups is 1. The van der Waals surface area contributed by atoms with Crippen molar-refractivity contribution in [2.45, 2.75) is 32.2 Å². The molecule has 1 heterocycles. The van der Waals surface area contributed by atoms with E-state index in [1.165, 1.54) is 38.8 Å². The zero-order chi connectivity index (χ0) is 13.9. The summed E-state index contributed by atoms with van der Waals surface area (Å²) in [6.45, 7) is 3.28. The third kappa shape index (κ3) is 3.77. The molecule has 0 unspecified atom stereocenters. The third-order valence-electron chi connectivity index (χ3n) is 4.03. The number of hydrogen-bond acceptors (Lipinski definition) is 4. The molecule has 2 saturated carbocycles. The van der Waals surface area contributed by atoms with Crippen molar-refractivity contribution in [1.82, 2.24) is 15.3 Å². The van der Waals surface area contributed by atoms with Gasteiger partial charge in [-0.05, 0) is 49.7 Å². The Morgan fingerprint density at radius 1 is 1.25 bits per heavy atom. The number of aromatic nitrogens is 1. The molecule has 3 N–H and O–H groups in total. The monoisotopic (exact) mass is 274 g/mol. The molecule has 1 aromatic heterocycles. The van der Waals surface area contributed by atoms with Crippen molar-refractivity contribution < 1.29 is 4.79 Å². The number of nitrogens with zero attached hydrogens (tertiary/aromatic N) is 2. The number of rotatable bonds is 7. The van der Waals surface area contributed by atoms with Crippen LogP contribution in [-0.4, -0.2) is 28.9 Å². The van der Waals surface area contributed by atoms with Gasteiger partial charge in [-0.25, -0.2) is 5.84 Å². The molecule has 0 aromatic carbocycles. The van der Waals surface area contributed by atoms with Gasteiger partial charge in [0.15, 0.2) is 0 Å². The molecule has 1 aromatic rings. The summed E-state index contributed by atoms with van der Waals surface area (Å²) < 4.78 is 0. The number of carbonyl (C=O) groups is 1. The molecule has 108 valence electrons. The van der Waals surface area contributed by atoms with E-state index in [0.717, 1.165) is 24.1 Å². The Balaban J connectivity index is 1.59. The van der Waals surface area contributed by atoms with Crippen LogP contribution in [-0.2, 0) is 6.54 Å². The molecule has 5 heteroatoms. The topological polar surface area (TPSA) is 71.2 Å². The number of nitrogens with two attached hydrogens (primary N) is 1. The first kappa shape index (κ1) is 13.5. The number of amides is 1. The van der Waals surface area contributed by atoms with Gasteiger partial charge in [0.25, 0.3) is 5.91 Å². The molecule has 1 amide bonds. The summed E-state index contributed by atoms with van der Waals surface area (Å²) >= 11 is 0. The van der Waals surface area contributed by atoms with Gasteiger partial charge in [-0.15, -0.1) is 0 Å². The molecule has 5 nitrogen and oxygen atoms in total. The van der Waals surface area contributed by atoms with E-state index in [9.17, 15) is 4.79 Å². The molecule has 2 fully saturated rings. The first-order chi connectivity index (χ1) is 9.74. The lowest BCUT2D eigenvalue weighted by atomic mass is 10.2. The maximum absolute atomic E-state index is 11.4. The second-order valence-corrected chi connectivity index (χ2v) is 6.09. The molecule has 0 aliphatic heterocycles. The molecular weight excluding hydrogens is 252 g/mol. The fraction of sp³-hybridized carbons (Fsp3) is 0.600. The van der Waals surface area contributed by atoms with E-state index in [1.54, 1.807) is 12.3 Å². The van der Waals surface area contributed by atoms with Gasteiger partial charge >= 0.3 is 0 Å². The van der Waals surface area contributed by atoms with Crippen LogP contribution in [0.25, 0.3) is 0 Å². The van der Waals surface area contributed by atoms with Crippen LogP contribution >= 0.6 is 0 Å². The average molecular weight is 274 g/mol. The van der Waals surface area contributed by atoms with E-state index < -0.39 is 0 Å². The number of nitrogen functional groups attached to an aromatic ring is 1. The fourth-order valence-corrected chi connectivity index (χ4v) is 2.50. The predicted octanol–water partition coefficient (Wildman–Crippen LogP) is 1.31. The van der Waals surface area contributed by atoms with Crippen LogP contribution in [0.3, 0.4) is 0 Å². The summed E-state index contributed by atoms with van der Waals surface area (Å²) in [6.07, 6.45) is 7.12. The molecule has 3 rings (SSSR count). The van der Waals surface area contributed by atoms with Gasteiger partial charge in [-0.3, -0.25) is 20.1 Å². The highest BCUT2D eigenvalue weighted by atomic mass is 16.2. The highest BCUT2D eigenvalue weighted by molar-refractivity contribution is 5.93. The lowest BCUT2D eigenvalue weighted by molar-refractivity contribution is 0.0953. The Morgan fingerprint density at radius 3 is 2.35 bits per heavy atom. The summed E-state index contributed by atoms with van der Waals surface area (Å²) in [5, 5.41) is 0. The quantitative estimate of drug-likeness (QED) is 0.447. The summed E-state index contributed by atoms with van der Waals surface area (Å²) in [6, 6.07) is 3.72. The summed E-state index contributed by atoms with van der Waals surface area (Å²) in [7, 11) is 0. The van der Waals surface area contributed by atoms with Crippen LogP contribution in [0.15, 0.2) is 18.3 Å². The number of pyridine rings is 1. The molecule has 2 aliphatic rings. The lowest BCUT2D eigenvalue weighted by Crippen LogP contribution is -2.30. The zero-order valence-electron chi connectivity index (χ0n) is 11.7. The van der Waals surface area contributed by atoms with E-state index in [2.05, 4.69) is 15.3 Å². The van der Waals surface area contributed by atoms with Gasteiger partial charge in [-0.1, -0.05) is 0 Å². The minimum atomic E-state index is -0.295. The van der Waals surface area contributed by atoms with Crippen LogP contribution < -0.4 is 11.3 Å². The molecular formula is C15H22N4O. The van der Waals surface area contributed by atoms with Gasteiger partial charge in [0.2, 0.25) is 0 Å². The van der Waals surface area contributed by atoms with Gasteiger partial charge in [0.05, 0.1) is 11.3 Å². The van der Waals surface area contributed by atoms with Crippen molar-refractivity contribution in [3.63, 3.8) is 0 Å². The summed E-state index contributed by atoms with van der Waals surface area (Å²) in [5.74, 6) is 6.61. The van der Waals surface area contributed by atoms with Crippen LogP contribution in [0, 0.1) is 11.8 Å². The number of nitrogens with one attached hydrogen (secondary N) is 1. The van der Waals surface area contributed by atoms with Crippen molar-refractivity contribution >= 4 is 5.91 Å². The van der Waals surface area contributed by atoms with E-state index >= 15 is 0 Å². The molecule has 2 aliphatic carbocycles. The Bertz CT molecular complexity index is 451. The zero-order valence-corrected chi connectivity index (χ0v) is 11.7. The first-order valence-electron chi connectivity index (χ1n) is 7.43. The Labute approximate surface area is 119 Å². The maximum Gasteiger partial charge on any atom is 0.266 e. The minimum Gasteiger partial charge on any atom is -0.297 e. The third-order valence-corrected chi connectivity index (χ3v) is 4.03. The molecule has 20 heavy (non-hydrogen) atoms. The van der Waals surface area contributed by atoms with Crippen molar-refractivity contribution in [2.24, 2.45) is 17.7 Å². The van der Waals surface area contributed by atoms with Crippen molar-refractivity contribution in [3.05, 3.63) is 29.6 Å². The van der Waals surface area contributed by atoms with Crippen molar-refractivity contribution in [1.29, 1.82) is 0 Å². The summed E-state index contributed by atoms with van der Waals surface area (Å²) in [5.41, 5.74) is 3.66. The number of hydrogen-bond donors (Lipinski definition) is 2. The Morgan fingerprint density at radius 2 is 1.90 bits per heavy atom. The Kier molecular flexibility index (Phi) is 3.98. The smallest absolute Gasteiger partial charge is 0.266 e. The van der Waals surface area contributed by atoms with Crippen LogP contribution in [0.2, 0.25) is 0 Å². The predicted molar refractivity (Wildman–Crippen MR) is 76.6 cm³/mol. The second-order valence-electron chi connectivity index (χ2n) is 6.09. The highest BCUT2D eigenvalue weighted by Gasteiger charge is 2.29. The van der Waals surface area contributed by atoms with Crippen LogP contribution in [0.5, 0.6) is 0 Å². The normalized spacial score (nSPS) is 18.3. The largest absolute Gasteiger partial charge is 0.297 e. The minimum absolute atomic E-state index is 0.295. The highest BCUT2D eigenvalue weighted by Crippen LogP contribution is 2.34. The van der Waals surface area contributed by atoms with E-state index in [-0.39, 0.29) is 5.91 Å². The molecule has 0 spiro atoms. The fourth-order valence-electron chi connectivity index (χ4n) is 2.50. The van der Waals surface area contributed by atoms with E-state index in [1.807, 2.05) is 6.07 Å². The van der Waals surface area contributed by atoms with Gasteiger partial charge in [0.1, 0.15) is 0 Å². The molecule has 0 atom stereocenters. The van der Waals surface area contributed by atoms with Gasteiger partial charge in [-0.2, -0.15) is 0 Å². The number of carbonyl (C=O) groups excluding carboxylic acids is 1. The van der Waals surface area contributed by atoms with Crippen LogP contribution in [0.4, 0.5) is 0 Å². The van der Waals surface area contributed by atoms with Crippen molar-refractivity contribution in [3.8, 4) is 0 Å². The SMILES string of the molecule is NNC(=O)c1ccc(CN(CC2CC2)CC2CC2)nc1. The maximum atomic E-state index is 11.4. The molecule has 0 saturated heterocycles. The summed E-state index contributed by atoms with van der Waals surface area (Å²) in [4.78, 5) is 18.3. The second kappa shape index (κ2) is 5.89. The van der Waals surface area contributed by atoms with Gasteiger partial charge < -0.3 is 0 Å². The van der Waals surface area contributed by atoms with E-state index in [0.29, 0.717) is 5.56 Å². The average Bonchev–Trinajstić information content (AvgIpc) is 3.35. The first-order valence-corrected chi connectivity index (χ1v) is 7.43. The van der Waals surface area contributed by atoms with Crippen LogP contribution in [0.1, 0.15) is 41.7 Å². The molecule has 0 radical (unpaired) electrons.